The van der Waals surface area contributed by atoms with Crippen molar-refractivity contribution >= 4 is 11.7 Å². The van der Waals surface area contributed by atoms with Crippen LogP contribution in [0, 0.1) is 17.3 Å². The molecule has 5 heteroatoms. The van der Waals surface area contributed by atoms with Crippen molar-refractivity contribution < 1.29 is 19.4 Å². The van der Waals surface area contributed by atoms with Crippen LogP contribution in [-0.4, -0.2) is 47.7 Å². The number of fused-ring (bicyclic) bond motifs is 2. The van der Waals surface area contributed by atoms with E-state index < -0.39 is 6.10 Å². The molecule has 1 aliphatic carbocycles. The van der Waals surface area contributed by atoms with Crippen LogP contribution in [0.3, 0.4) is 0 Å². The molecule has 37 heavy (non-hydrogen) atoms. The molecule has 0 saturated carbocycles. The highest BCUT2D eigenvalue weighted by molar-refractivity contribution is 5.93. The third-order valence-corrected chi connectivity index (χ3v) is 9.87. The molecule has 5 aliphatic rings. The maximum atomic E-state index is 12.2. The van der Waals surface area contributed by atoms with Gasteiger partial charge in [-0.05, 0) is 114 Å². The number of aliphatic hydroxyl groups is 1. The van der Waals surface area contributed by atoms with Crippen LogP contribution in [-0.2, 0) is 14.3 Å². The molecule has 0 radical (unpaired) electrons. The SMILES string of the molecule is CC1=C[C@@H](C2=C(C)[C@@H]3/C=C(\C)[C@@H](O)CC[C@@H]4C[C@@H](C)[C@@H](O4)/C(C)=C\CCC4=NCCCC43CC2)OC1=O. The van der Waals surface area contributed by atoms with Crippen LogP contribution in [0.2, 0.25) is 0 Å². The summed E-state index contributed by atoms with van der Waals surface area (Å²) in [6, 6.07) is 0. The molecule has 1 unspecified atom stereocenters. The number of hydrogen-bond donors (Lipinski definition) is 1. The topological polar surface area (TPSA) is 68.1 Å². The van der Waals surface area contributed by atoms with Gasteiger partial charge in [0.05, 0.1) is 18.3 Å². The molecule has 2 bridgehead atoms. The Labute approximate surface area is 222 Å². The number of allylic oxidation sites excluding steroid dienone is 3. The van der Waals surface area contributed by atoms with Gasteiger partial charge in [-0.3, -0.25) is 4.99 Å². The Morgan fingerprint density at radius 3 is 2.62 bits per heavy atom. The zero-order valence-corrected chi connectivity index (χ0v) is 23.4. The molecule has 7 atom stereocenters. The molecule has 1 saturated heterocycles. The normalized spacial score (nSPS) is 42.2. The van der Waals surface area contributed by atoms with E-state index in [1.54, 1.807) is 0 Å². The summed E-state index contributed by atoms with van der Waals surface area (Å²) in [4.78, 5) is 17.4. The lowest BCUT2D eigenvalue weighted by atomic mass is 9.57. The zero-order chi connectivity index (χ0) is 26.3. The van der Waals surface area contributed by atoms with E-state index in [2.05, 4.69) is 39.8 Å². The minimum atomic E-state index is -0.481. The maximum Gasteiger partial charge on any atom is 0.334 e. The fourth-order valence-electron chi connectivity index (χ4n) is 7.70. The van der Waals surface area contributed by atoms with Crippen molar-refractivity contribution in [2.75, 3.05) is 6.54 Å². The Morgan fingerprint density at radius 1 is 1.05 bits per heavy atom. The van der Waals surface area contributed by atoms with Crippen LogP contribution in [0.5, 0.6) is 0 Å². The van der Waals surface area contributed by atoms with E-state index in [0.29, 0.717) is 17.9 Å². The number of nitrogens with zero attached hydrogens (tertiary/aromatic N) is 1. The van der Waals surface area contributed by atoms with Gasteiger partial charge in [0.25, 0.3) is 0 Å². The Hall–Kier alpha value is -1.98. The molecule has 0 aromatic rings. The van der Waals surface area contributed by atoms with Crippen molar-refractivity contribution in [3.8, 4) is 0 Å². The summed E-state index contributed by atoms with van der Waals surface area (Å²) < 4.78 is 12.2. The molecule has 0 amide bonds. The monoisotopic (exact) mass is 507 g/mol. The van der Waals surface area contributed by atoms with Gasteiger partial charge in [0, 0.05) is 29.2 Å². The van der Waals surface area contributed by atoms with Crippen molar-refractivity contribution in [1.82, 2.24) is 0 Å². The highest BCUT2D eigenvalue weighted by Gasteiger charge is 2.48. The molecule has 202 valence electrons. The van der Waals surface area contributed by atoms with Gasteiger partial charge in [-0.2, -0.15) is 0 Å². The van der Waals surface area contributed by atoms with E-state index >= 15 is 0 Å². The minimum absolute atomic E-state index is 0.0289. The fourth-order valence-corrected chi connectivity index (χ4v) is 7.70. The predicted octanol–water partition coefficient (Wildman–Crippen LogP) is 6.43. The summed E-state index contributed by atoms with van der Waals surface area (Å²) in [7, 11) is 0. The number of esters is 1. The largest absolute Gasteiger partial charge is 0.450 e. The first-order valence-electron chi connectivity index (χ1n) is 14.5. The van der Waals surface area contributed by atoms with Crippen molar-refractivity contribution in [3.63, 3.8) is 0 Å². The summed E-state index contributed by atoms with van der Waals surface area (Å²) in [6.45, 7) is 11.6. The first kappa shape index (κ1) is 26.6. The summed E-state index contributed by atoms with van der Waals surface area (Å²) in [5.74, 6) is 0.459. The van der Waals surface area contributed by atoms with Crippen LogP contribution < -0.4 is 0 Å². The molecule has 4 heterocycles. The first-order chi connectivity index (χ1) is 17.7. The van der Waals surface area contributed by atoms with Gasteiger partial charge < -0.3 is 14.6 Å². The van der Waals surface area contributed by atoms with Gasteiger partial charge in [0.15, 0.2) is 0 Å². The number of rotatable bonds is 1. The molecule has 0 aromatic heterocycles. The average molecular weight is 508 g/mol. The number of carbonyl (C=O) groups excluding carboxylic acids is 1. The molecule has 1 N–H and O–H groups in total. The first-order valence-corrected chi connectivity index (χ1v) is 14.5. The van der Waals surface area contributed by atoms with Gasteiger partial charge in [-0.25, -0.2) is 4.79 Å². The Kier molecular flexibility index (Phi) is 7.66. The molecule has 4 aliphatic heterocycles. The summed E-state index contributed by atoms with van der Waals surface area (Å²) in [6.07, 6.45) is 15.1. The van der Waals surface area contributed by atoms with Gasteiger partial charge in [-0.1, -0.05) is 24.6 Å². The number of ether oxygens (including phenoxy) is 2. The highest BCUT2D eigenvalue weighted by atomic mass is 16.5. The van der Waals surface area contributed by atoms with Crippen LogP contribution in [0.15, 0.2) is 51.1 Å². The predicted molar refractivity (Wildman–Crippen MR) is 147 cm³/mol. The average Bonchev–Trinajstić information content (AvgIpc) is 3.41. The molecular formula is C32H45NO4. The van der Waals surface area contributed by atoms with E-state index in [1.807, 2.05) is 13.0 Å². The third-order valence-electron chi connectivity index (χ3n) is 9.87. The minimum Gasteiger partial charge on any atom is -0.450 e. The highest BCUT2D eigenvalue weighted by Crippen LogP contribution is 2.53. The Bertz CT molecular complexity index is 1080. The fraction of sp³-hybridized carbons (Fsp3) is 0.688. The number of hydrogen-bond acceptors (Lipinski definition) is 5. The van der Waals surface area contributed by atoms with Crippen molar-refractivity contribution in [2.24, 2.45) is 22.2 Å². The van der Waals surface area contributed by atoms with Crippen molar-refractivity contribution in [3.05, 3.63) is 46.1 Å². The third kappa shape index (κ3) is 5.06. The molecule has 0 aromatic carbocycles. The summed E-state index contributed by atoms with van der Waals surface area (Å²) in [5, 5.41) is 11.2. The molecule has 1 fully saturated rings. The van der Waals surface area contributed by atoms with Gasteiger partial charge in [-0.15, -0.1) is 0 Å². The maximum absolute atomic E-state index is 12.2. The van der Waals surface area contributed by atoms with Gasteiger partial charge in [0.2, 0.25) is 0 Å². The van der Waals surface area contributed by atoms with Crippen molar-refractivity contribution in [2.45, 2.75) is 117 Å². The van der Waals surface area contributed by atoms with E-state index in [9.17, 15) is 9.90 Å². The Balaban J connectivity index is 1.55. The van der Waals surface area contributed by atoms with Crippen LogP contribution in [0.1, 0.15) is 92.4 Å². The van der Waals surface area contributed by atoms with E-state index in [-0.39, 0.29) is 35.6 Å². The number of carbonyl (C=O) groups is 1. The molecule has 1 spiro atoms. The second-order valence-electron chi connectivity index (χ2n) is 12.3. The lowest BCUT2D eigenvalue weighted by Crippen LogP contribution is -2.44. The van der Waals surface area contributed by atoms with E-state index in [1.165, 1.54) is 22.4 Å². The smallest absolute Gasteiger partial charge is 0.334 e. The zero-order valence-electron chi connectivity index (χ0n) is 23.4. The lowest BCUT2D eigenvalue weighted by molar-refractivity contribution is -0.138. The molecular weight excluding hydrogens is 462 g/mol. The molecule has 5 nitrogen and oxygen atoms in total. The summed E-state index contributed by atoms with van der Waals surface area (Å²) in [5.41, 5.74) is 6.92. The molecule has 5 rings (SSSR count). The van der Waals surface area contributed by atoms with E-state index in [0.717, 1.165) is 63.5 Å². The number of cyclic esters (lactones) is 1. The van der Waals surface area contributed by atoms with Crippen LogP contribution in [0.25, 0.3) is 0 Å². The van der Waals surface area contributed by atoms with Gasteiger partial charge >= 0.3 is 5.97 Å². The standard InChI is InChI=1S/C32H45NO4/c1-19-8-6-9-29-32(13-7-15-33-29)14-12-25(28-18-22(4)31(35)37-28)23(5)26(32)17-20(2)27(34)11-10-24-16-21(3)30(19)36-24/h8,17-18,21,24,26-28,30,34H,6-7,9-16H2,1-5H3/b19-8-,20-17+/t21-,24-,26+,27+,28+,30+,32?/m1/s1. The number of aliphatic imine (C=N–C) groups is 1. The second-order valence-corrected chi connectivity index (χ2v) is 12.3. The Morgan fingerprint density at radius 2 is 1.86 bits per heavy atom. The van der Waals surface area contributed by atoms with E-state index in [4.69, 9.17) is 14.5 Å². The van der Waals surface area contributed by atoms with Crippen molar-refractivity contribution in [1.29, 1.82) is 0 Å². The van der Waals surface area contributed by atoms with Gasteiger partial charge in [0.1, 0.15) is 6.10 Å². The van der Waals surface area contributed by atoms with Crippen LogP contribution in [0.4, 0.5) is 0 Å². The van der Waals surface area contributed by atoms with Crippen LogP contribution >= 0.6 is 0 Å². The quantitative estimate of drug-likeness (QED) is 0.328. The lowest BCUT2D eigenvalue weighted by Gasteiger charge is -2.48. The number of aliphatic hydroxyl groups excluding tert-OH is 1. The summed E-state index contributed by atoms with van der Waals surface area (Å²) >= 11 is 0. The second kappa shape index (κ2) is 10.6.